The van der Waals surface area contributed by atoms with Gasteiger partial charge in [-0.15, -0.1) is 0 Å². The van der Waals surface area contributed by atoms with Crippen molar-refractivity contribution in [1.82, 2.24) is 0 Å². The topological polar surface area (TPSA) is 67.0 Å². The molecule has 0 aromatic carbocycles. The first-order chi connectivity index (χ1) is 1.41. The first kappa shape index (κ1) is 16.1. The van der Waals surface area contributed by atoms with Crippen LogP contribution in [0.15, 0.2) is 0 Å². The zero-order valence-corrected chi connectivity index (χ0v) is 8.17. The summed E-state index contributed by atoms with van der Waals surface area (Å²) in [5, 5.41) is 0. The molecule has 0 atom stereocenters. The fourth-order valence-corrected chi connectivity index (χ4v) is 0. The molecule has 0 heterocycles. The van der Waals surface area contributed by atoms with Crippen molar-refractivity contribution in [2.75, 3.05) is 0 Å². The van der Waals surface area contributed by atoms with E-state index in [2.05, 4.69) is 0 Å². The van der Waals surface area contributed by atoms with Gasteiger partial charge in [-0.3, -0.25) is 0 Å². The Kier molecular flexibility index (Phi) is 58.3. The van der Waals surface area contributed by atoms with Crippen LogP contribution < -0.4 is 0 Å². The van der Waals surface area contributed by atoms with Crippen LogP contribution in [-0.4, -0.2) is 0 Å². The van der Waals surface area contributed by atoms with Crippen LogP contribution in [0, 0.1) is 0 Å². The van der Waals surface area contributed by atoms with E-state index in [-0.39, 0.29) is 12.3 Å². The van der Waals surface area contributed by atoms with Gasteiger partial charge in [0.1, 0.15) is 0 Å². The van der Waals surface area contributed by atoms with Crippen molar-refractivity contribution in [1.29, 1.82) is 0 Å². The van der Waals surface area contributed by atoms with Crippen LogP contribution in [0.1, 0.15) is 0 Å². The van der Waals surface area contributed by atoms with E-state index in [4.69, 9.17) is 16.6 Å². The van der Waals surface area contributed by atoms with Gasteiger partial charge in [-0.25, -0.2) is 0 Å². The summed E-state index contributed by atoms with van der Waals surface area (Å²) in [6, 6.07) is 0. The van der Waals surface area contributed by atoms with E-state index in [1.807, 2.05) is 0 Å². The molecule has 0 aliphatic heterocycles. The van der Waals surface area contributed by atoms with Crippen LogP contribution in [-0.2, 0) is 21.8 Å². The summed E-state index contributed by atoms with van der Waals surface area (Å²) in [4.78, 5) is 0. The second-order valence-corrected chi connectivity index (χ2v) is 6.10. The van der Waals surface area contributed by atoms with Crippen molar-refractivity contribution >= 4 is 16.6 Å². The van der Waals surface area contributed by atoms with Crippen molar-refractivity contribution in [3.63, 3.8) is 0 Å². The molecular weight excluding hydrogens is 211 g/mol. The summed E-state index contributed by atoms with van der Waals surface area (Å²) < 4.78 is 0. The van der Waals surface area contributed by atoms with Crippen molar-refractivity contribution in [3.8, 4) is 0 Å². The Labute approximate surface area is 50.5 Å². The molecule has 2 nitrogen and oxygen atoms in total. The van der Waals surface area contributed by atoms with Crippen LogP contribution in [0.2, 0.25) is 0 Å². The van der Waals surface area contributed by atoms with E-state index < -0.39 is 21.8 Å². The van der Waals surface area contributed by atoms with E-state index in [1.165, 1.54) is 0 Å². The van der Waals surface area contributed by atoms with Gasteiger partial charge in [-0.2, -0.15) is 0 Å². The van der Waals surface area contributed by atoms with Gasteiger partial charge in [-0.05, 0) is 0 Å². The van der Waals surface area contributed by atoms with Gasteiger partial charge < -0.3 is 12.3 Å². The minimum absolute atomic E-state index is 0. The third-order valence-electron chi connectivity index (χ3n) is 0. The molecule has 0 amide bonds. The number of hydrogen-bond acceptors (Lipinski definition) is 0. The Hall–Kier alpha value is 1.42. The molecule has 0 radical (unpaired) electrons. The fourth-order valence-electron chi connectivity index (χ4n) is 0. The summed E-state index contributed by atoms with van der Waals surface area (Å²) in [5.41, 5.74) is 0. The van der Waals surface area contributed by atoms with E-state index in [9.17, 15) is 0 Å². The number of nitrogens with two attached hydrogens (primary N) is 2. The number of halogens is 2. The number of rotatable bonds is 0. The average molecular weight is 215 g/mol. The summed E-state index contributed by atoms with van der Waals surface area (Å²) in [7, 11) is 9.95. The fraction of sp³-hybridized carbons (Fsp3) is 0. The quantitative estimate of drug-likeness (QED) is 0.558. The second-order valence-electron chi connectivity index (χ2n) is 0.101. The standard InChI is InChI=1S/Cd.2ClH.2H2N/h;2*1H;2*1H2/q+2;;;2*-1/p-2. The van der Waals surface area contributed by atoms with Crippen molar-refractivity contribution in [2.24, 2.45) is 0 Å². The normalized spacial score (nSPS) is 2.00. The molecule has 0 aromatic rings. The van der Waals surface area contributed by atoms with E-state index >= 15 is 0 Å². The molecule has 0 saturated carbocycles. The average Bonchev–Trinajstić information content (AvgIpc) is 0.918. The predicted molar refractivity (Wildman–Crippen MR) is 22.3 cm³/mol. The molecule has 0 fully saturated rings. The minimum atomic E-state index is -1.07. The Morgan fingerprint density at radius 1 is 1.00 bits per heavy atom. The van der Waals surface area contributed by atoms with Crippen molar-refractivity contribution < 1.29 is 21.8 Å². The van der Waals surface area contributed by atoms with Crippen LogP contribution in [0.5, 0.6) is 0 Å². The maximum Gasteiger partial charge on any atom is -0.693 e. The van der Waals surface area contributed by atoms with E-state index in [1.54, 1.807) is 0 Å². The second kappa shape index (κ2) is 18.1. The van der Waals surface area contributed by atoms with Gasteiger partial charge in [0.05, 0.1) is 0 Å². The zero-order chi connectivity index (χ0) is 2.71. The van der Waals surface area contributed by atoms with E-state index in [0.717, 1.165) is 0 Å². The van der Waals surface area contributed by atoms with Gasteiger partial charge in [0.15, 0.2) is 0 Å². The van der Waals surface area contributed by atoms with Crippen molar-refractivity contribution in [2.45, 2.75) is 0 Å². The molecule has 0 saturated heterocycles. The maximum atomic E-state index is 4.97. The molecule has 0 rings (SSSR count). The molecule has 0 bridgehead atoms. The van der Waals surface area contributed by atoms with Gasteiger partial charge in [0.25, 0.3) is 0 Å². The Balaban J connectivity index is -0.0000000200. The first-order valence-corrected chi connectivity index (χ1v) is 10.8. The van der Waals surface area contributed by atoms with Gasteiger partial charge in [0.2, 0.25) is 0 Å². The minimum Gasteiger partial charge on any atom is -0.693 e. The molecule has 0 aromatic heterocycles. The molecular formula is H4CdCl2N2-2. The molecule has 32 valence electrons. The van der Waals surface area contributed by atoms with Crippen LogP contribution in [0.25, 0.3) is 12.3 Å². The third-order valence-corrected chi connectivity index (χ3v) is 0. The Morgan fingerprint density at radius 2 is 1.00 bits per heavy atom. The predicted octanol–water partition coefficient (Wildman–Crippen LogP) is 2.81. The molecule has 5 heteroatoms. The Bertz CT molecular complexity index is 7.61. The van der Waals surface area contributed by atoms with Crippen LogP contribution in [0.4, 0.5) is 0 Å². The summed E-state index contributed by atoms with van der Waals surface area (Å²) in [6.45, 7) is 0. The molecule has 0 aliphatic rings. The molecule has 0 unspecified atom stereocenters. The van der Waals surface area contributed by atoms with Gasteiger partial charge in [0, 0.05) is 0 Å². The Morgan fingerprint density at radius 3 is 1.00 bits per heavy atom. The monoisotopic (exact) mass is 216 g/mol. The third kappa shape index (κ3) is 31.4. The SMILES string of the molecule is [Cl][Cd][Cl].[NH2-].[NH2-]. The summed E-state index contributed by atoms with van der Waals surface area (Å²) >= 11 is -1.07. The zero-order valence-electron chi connectivity index (χ0n) is 2.62. The largest absolute Gasteiger partial charge is 0.693 e. The van der Waals surface area contributed by atoms with Crippen LogP contribution in [0.3, 0.4) is 0 Å². The van der Waals surface area contributed by atoms with Gasteiger partial charge >= 0.3 is 38.4 Å². The molecule has 4 N–H and O–H groups in total. The number of hydrogen-bond donors (Lipinski definition) is 0. The summed E-state index contributed by atoms with van der Waals surface area (Å²) in [6.07, 6.45) is 0. The van der Waals surface area contributed by atoms with Gasteiger partial charge in [-0.1, -0.05) is 0 Å². The maximum absolute atomic E-state index is 4.97. The smallest absolute Gasteiger partial charge is 0.693 e. The summed E-state index contributed by atoms with van der Waals surface area (Å²) in [5.74, 6) is 0. The molecule has 0 spiro atoms. The van der Waals surface area contributed by atoms with Crippen molar-refractivity contribution in [3.05, 3.63) is 12.3 Å². The molecule has 0 aliphatic carbocycles. The molecule has 5 heavy (non-hydrogen) atoms. The first-order valence-electron chi connectivity index (χ1n) is 0.535. The van der Waals surface area contributed by atoms with E-state index in [0.29, 0.717) is 0 Å². The van der Waals surface area contributed by atoms with Crippen LogP contribution >= 0.6 is 16.6 Å².